The van der Waals surface area contributed by atoms with Gasteiger partial charge >= 0.3 is 0 Å². The summed E-state index contributed by atoms with van der Waals surface area (Å²) < 4.78 is 5.07. The first-order valence-electron chi connectivity index (χ1n) is 8.14. The van der Waals surface area contributed by atoms with Crippen LogP contribution >= 0.6 is 11.6 Å². The number of methoxy groups -OCH3 is 1. The number of hydrogen-bond acceptors (Lipinski definition) is 4. The number of carbonyl (C=O) groups excluding carboxylic acids is 1. The van der Waals surface area contributed by atoms with Crippen molar-refractivity contribution in [3.8, 4) is 11.5 Å². The normalized spacial score (nSPS) is 10.7. The summed E-state index contributed by atoms with van der Waals surface area (Å²) in [5, 5.41) is 13.4. The molecule has 0 aliphatic carbocycles. The van der Waals surface area contributed by atoms with Crippen LogP contribution in [-0.4, -0.2) is 24.3 Å². The minimum atomic E-state index is -0.241. The van der Waals surface area contributed by atoms with E-state index in [0.29, 0.717) is 33.3 Å². The van der Waals surface area contributed by atoms with Gasteiger partial charge in [0.1, 0.15) is 0 Å². The topological polar surface area (TPSA) is 70.9 Å². The molecular weight excluding hydrogens is 364 g/mol. The molecule has 1 amide bonds. The van der Waals surface area contributed by atoms with Crippen LogP contribution < -0.4 is 10.1 Å². The van der Waals surface area contributed by atoms with Crippen molar-refractivity contribution in [1.29, 1.82) is 0 Å². The van der Waals surface area contributed by atoms with Crippen LogP contribution in [0.3, 0.4) is 0 Å². The SMILES string of the molecule is COc1cccc(C=Nc2ccc(NC(=O)c3cccc(Cl)c3)cc2)c1O. The second kappa shape index (κ2) is 8.38. The zero-order valence-electron chi connectivity index (χ0n) is 14.5. The van der Waals surface area contributed by atoms with Crippen LogP contribution in [0.2, 0.25) is 5.02 Å². The Kier molecular flexibility index (Phi) is 5.74. The lowest BCUT2D eigenvalue weighted by molar-refractivity contribution is 0.102. The number of nitrogens with one attached hydrogen (secondary N) is 1. The first-order valence-corrected chi connectivity index (χ1v) is 8.51. The van der Waals surface area contributed by atoms with Crippen molar-refractivity contribution in [3.63, 3.8) is 0 Å². The highest BCUT2D eigenvalue weighted by Crippen LogP contribution is 2.28. The van der Waals surface area contributed by atoms with E-state index in [1.807, 2.05) is 0 Å². The minimum absolute atomic E-state index is 0.0363. The molecule has 0 radical (unpaired) electrons. The molecule has 0 heterocycles. The number of aliphatic imine (C=N–C) groups is 1. The second-order valence-corrected chi connectivity index (χ2v) is 6.10. The molecule has 0 aliphatic heterocycles. The van der Waals surface area contributed by atoms with Crippen molar-refractivity contribution in [2.24, 2.45) is 4.99 Å². The third-order valence-electron chi connectivity index (χ3n) is 3.81. The fourth-order valence-electron chi connectivity index (χ4n) is 2.42. The summed E-state index contributed by atoms with van der Waals surface area (Å²) in [6.07, 6.45) is 1.55. The van der Waals surface area contributed by atoms with E-state index >= 15 is 0 Å². The van der Waals surface area contributed by atoms with Gasteiger partial charge in [-0.3, -0.25) is 9.79 Å². The van der Waals surface area contributed by atoms with E-state index in [2.05, 4.69) is 10.3 Å². The van der Waals surface area contributed by atoms with Crippen LogP contribution in [0, 0.1) is 0 Å². The molecule has 0 fully saturated rings. The van der Waals surface area contributed by atoms with Gasteiger partial charge in [0.25, 0.3) is 5.91 Å². The predicted octanol–water partition coefficient (Wildman–Crippen LogP) is 5.06. The maximum atomic E-state index is 12.2. The van der Waals surface area contributed by atoms with Crippen molar-refractivity contribution in [3.05, 3.63) is 82.9 Å². The third-order valence-corrected chi connectivity index (χ3v) is 4.05. The summed E-state index contributed by atoms with van der Waals surface area (Å²) in [5.74, 6) is 0.183. The molecule has 0 saturated heterocycles. The second-order valence-electron chi connectivity index (χ2n) is 5.67. The van der Waals surface area contributed by atoms with Gasteiger partial charge in [0, 0.05) is 28.1 Å². The van der Waals surface area contributed by atoms with Gasteiger partial charge in [0.15, 0.2) is 11.5 Å². The molecule has 0 spiro atoms. The lowest BCUT2D eigenvalue weighted by atomic mass is 10.2. The van der Waals surface area contributed by atoms with Crippen LogP contribution in [0.1, 0.15) is 15.9 Å². The predicted molar refractivity (Wildman–Crippen MR) is 108 cm³/mol. The number of nitrogens with zero attached hydrogens (tertiary/aromatic N) is 1. The Balaban J connectivity index is 1.69. The van der Waals surface area contributed by atoms with Gasteiger partial charge in [-0.1, -0.05) is 23.7 Å². The van der Waals surface area contributed by atoms with Crippen molar-refractivity contribution in [2.75, 3.05) is 12.4 Å². The number of benzene rings is 3. The molecule has 3 aromatic rings. The van der Waals surface area contributed by atoms with Crippen molar-refractivity contribution in [2.45, 2.75) is 0 Å². The number of amides is 1. The molecule has 27 heavy (non-hydrogen) atoms. The molecule has 0 unspecified atom stereocenters. The number of phenolic OH excluding ortho intramolecular Hbond substituents is 1. The van der Waals surface area contributed by atoms with Crippen LogP contribution in [0.5, 0.6) is 11.5 Å². The summed E-state index contributed by atoms with van der Waals surface area (Å²) in [6.45, 7) is 0. The Morgan fingerprint density at radius 1 is 1.11 bits per heavy atom. The molecule has 0 bridgehead atoms. The molecule has 3 aromatic carbocycles. The Morgan fingerprint density at radius 3 is 2.56 bits per heavy atom. The highest BCUT2D eigenvalue weighted by Gasteiger charge is 2.07. The fourth-order valence-corrected chi connectivity index (χ4v) is 2.61. The number of phenols is 1. The van der Waals surface area contributed by atoms with Gasteiger partial charge < -0.3 is 15.2 Å². The van der Waals surface area contributed by atoms with Gasteiger partial charge in [-0.05, 0) is 54.6 Å². The van der Waals surface area contributed by atoms with Crippen molar-refractivity contribution in [1.82, 2.24) is 0 Å². The van der Waals surface area contributed by atoms with E-state index < -0.39 is 0 Å². The Hall–Kier alpha value is -3.31. The number of halogens is 1. The molecule has 2 N–H and O–H groups in total. The first-order chi connectivity index (χ1) is 13.1. The van der Waals surface area contributed by atoms with E-state index in [0.717, 1.165) is 0 Å². The Bertz CT molecular complexity index is 985. The number of ether oxygens (including phenoxy) is 1. The molecule has 6 heteroatoms. The first kappa shape index (κ1) is 18.5. The third kappa shape index (κ3) is 4.65. The summed E-state index contributed by atoms with van der Waals surface area (Å²) >= 11 is 5.91. The molecule has 0 saturated carbocycles. The summed E-state index contributed by atoms with van der Waals surface area (Å²) in [4.78, 5) is 16.6. The molecule has 0 atom stereocenters. The van der Waals surface area contributed by atoms with E-state index in [9.17, 15) is 9.90 Å². The summed E-state index contributed by atoms with van der Waals surface area (Å²) in [5.41, 5.74) is 2.35. The van der Waals surface area contributed by atoms with Gasteiger partial charge in [0.05, 0.1) is 12.8 Å². The van der Waals surface area contributed by atoms with Crippen molar-refractivity contribution >= 4 is 35.1 Å². The molecule has 0 aliphatic rings. The molecule has 5 nitrogen and oxygen atoms in total. The van der Waals surface area contributed by atoms with E-state index in [1.54, 1.807) is 72.9 Å². The van der Waals surface area contributed by atoms with Crippen molar-refractivity contribution < 1.29 is 14.6 Å². The molecule has 136 valence electrons. The maximum absolute atomic E-state index is 12.2. The molecule has 3 rings (SSSR count). The van der Waals surface area contributed by atoms with Gasteiger partial charge in [-0.2, -0.15) is 0 Å². The number of anilines is 1. The molecular formula is C21H17ClN2O3. The van der Waals surface area contributed by atoms with Gasteiger partial charge in [0.2, 0.25) is 0 Å². The minimum Gasteiger partial charge on any atom is -0.504 e. The number of hydrogen-bond donors (Lipinski definition) is 2. The summed E-state index contributed by atoms with van der Waals surface area (Å²) in [6, 6.07) is 19.0. The largest absolute Gasteiger partial charge is 0.504 e. The average Bonchev–Trinajstić information content (AvgIpc) is 2.68. The zero-order chi connectivity index (χ0) is 19.2. The van der Waals surface area contributed by atoms with Crippen LogP contribution in [-0.2, 0) is 0 Å². The summed E-state index contributed by atoms with van der Waals surface area (Å²) in [7, 11) is 1.49. The van der Waals surface area contributed by atoms with E-state index in [4.69, 9.17) is 16.3 Å². The smallest absolute Gasteiger partial charge is 0.255 e. The Morgan fingerprint density at radius 2 is 1.85 bits per heavy atom. The fraction of sp³-hybridized carbons (Fsp3) is 0.0476. The number of aromatic hydroxyl groups is 1. The van der Waals surface area contributed by atoms with Crippen LogP contribution in [0.15, 0.2) is 71.7 Å². The maximum Gasteiger partial charge on any atom is 0.255 e. The van der Waals surface area contributed by atoms with Gasteiger partial charge in [-0.15, -0.1) is 0 Å². The zero-order valence-corrected chi connectivity index (χ0v) is 15.3. The van der Waals surface area contributed by atoms with Crippen LogP contribution in [0.4, 0.5) is 11.4 Å². The number of para-hydroxylation sites is 1. The van der Waals surface area contributed by atoms with E-state index in [1.165, 1.54) is 7.11 Å². The number of carbonyl (C=O) groups is 1. The highest BCUT2D eigenvalue weighted by atomic mass is 35.5. The molecule has 0 aromatic heterocycles. The van der Waals surface area contributed by atoms with E-state index in [-0.39, 0.29) is 11.7 Å². The standard InChI is InChI=1S/C21H17ClN2O3/c1-27-19-7-3-5-15(20(19)25)13-23-17-8-10-18(11-9-17)24-21(26)14-4-2-6-16(22)12-14/h2-13,25H,1H3,(H,24,26). The lowest BCUT2D eigenvalue weighted by Crippen LogP contribution is -2.11. The lowest BCUT2D eigenvalue weighted by Gasteiger charge is -2.06. The quantitative estimate of drug-likeness (QED) is 0.608. The Labute approximate surface area is 161 Å². The monoisotopic (exact) mass is 380 g/mol. The average molecular weight is 381 g/mol. The van der Waals surface area contributed by atoms with Crippen LogP contribution in [0.25, 0.3) is 0 Å². The highest BCUT2D eigenvalue weighted by molar-refractivity contribution is 6.31. The number of rotatable bonds is 5. The van der Waals surface area contributed by atoms with Gasteiger partial charge in [-0.25, -0.2) is 0 Å².